The number of amides is 1. The van der Waals surface area contributed by atoms with Gasteiger partial charge in [0.2, 0.25) is 0 Å². The molecule has 0 aliphatic carbocycles. The Morgan fingerprint density at radius 1 is 1.24 bits per heavy atom. The molecule has 0 atom stereocenters. The third kappa shape index (κ3) is 1.80. The summed E-state index contributed by atoms with van der Waals surface area (Å²) in [6.07, 6.45) is 1.75. The number of hydrogen-bond donors (Lipinski definition) is 2. The van der Waals surface area contributed by atoms with Gasteiger partial charge in [0.05, 0.1) is 12.2 Å². The van der Waals surface area contributed by atoms with Crippen molar-refractivity contribution in [3.63, 3.8) is 0 Å². The quantitative estimate of drug-likeness (QED) is 0.576. The van der Waals surface area contributed by atoms with Gasteiger partial charge in [-0.25, -0.2) is 10.8 Å². The highest BCUT2D eigenvalue weighted by atomic mass is 32.1. The van der Waals surface area contributed by atoms with Crippen LogP contribution in [-0.4, -0.2) is 10.9 Å². The lowest BCUT2D eigenvalue weighted by Gasteiger charge is -2.16. The highest BCUT2D eigenvalue weighted by molar-refractivity contribution is 7.15. The van der Waals surface area contributed by atoms with E-state index in [2.05, 4.69) is 10.4 Å². The molecule has 0 saturated carbocycles. The largest absolute Gasteiger partial charge is 0.302 e. The molecule has 5 nitrogen and oxygen atoms in total. The summed E-state index contributed by atoms with van der Waals surface area (Å²) in [7, 11) is 0. The zero-order valence-corrected chi connectivity index (χ0v) is 11.9. The van der Waals surface area contributed by atoms with E-state index in [-0.39, 0.29) is 5.91 Å². The van der Waals surface area contributed by atoms with Gasteiger partial charge in [-0.3, -0.25) is 10.2 Å². The molecule has 1 aliphatic rings. The number of benzene rings is 2. The molecule has 2 aromatic carbocycles. The third-order valence-electron chi connectivity index (χ3n) is 3.64. The molecule has 6 heteroatoms. The van der Waals surface area contributed by atoms with Crippen molar-refractivity contribution < 1.29 is 4.79 Å². The fraction of sp³-hybridized carbons (Fsp3) is 0.0667. The van der Waals surface area contributed by atoms with Crippen molar-refractivity contribution in [2.75, 3.05) is 10.3 Å². The van der Waals surface area contributed by atoms with E-state index in [1.165, 1.54) is 11.3 Å². The van der Waals surface area contributed by atoms with Crippen molar-refractivity contribution in [1.82, 2.24) is 4.98 Å². The van der Waals surface area contributed by atoms with Crippen molar-refractivity contribution in [3.8, 4) is 0 Å². The maximum atomic E-state index is 12.6. The van der Waals surface area contributed by atoms with Crippen LogP contribution in [0.2, 0.25) is 0 Å². The smallest absolute Gasteiger partial charge is 0.259 e. The summed E-state index contributed by atoms with van der Waals surface area (Å²) in [5.41, 5.74) is 4.25. The van der Waals surface area contributed by atoms with Crippen LogP contribution >= 0.6 is 11.3 Å². The van der Waals surface area contributed by atoms with Gasteiger partial charge in [0.1, 0.15) is 0 Å². The molecule has 0 radical (unpaired) electrons. The van der Waals surface area contributed by atoms with Crippen LogP contribution in [0, 0.1) is 0 Å². The molecule has 0 spiro atoms. The first-order chi connectivity index (χ1) is 10.3. The van der Waals surface area contributed by atoms with Gasteiger partial charge in [0.15, 0.2) is 5.13 Å². The number of carbonyl (C=O) groups is 1. The average Bonchev–Trinajstić information content (AvgIpc) is 3.08. The summed E-state index contributed by atoms with van der Waals surface area (Å²) >= 11 is 1.45. The van der Waals surface area contributed by atoms with Crippen LogP contribution in [0.3, 0.4) is 0 Å². The zero-order valence-electron chi connectivity index (χ0n) is 11.0. The van der Waals surface area contributed by atoms with Crippen LogP contribution in [0.5, 0.6) is 0 Å². The number of hydrogen-bond acceptors (Lipinski definition) is 5. The van der Waals surface area contributed by atoms with Gasteiger partial charge in [0.25, 0.3) is 5.91 Å². The second-order valence-electron chi connectivity index (χ2n) is 4.85. The second-order valence-corrected chi connectivity index (χ2v) is 5.96. The van der Waals surface area contributed by atoms with Crippen molar-refractivity contribution >= 4 is 38.8 Å². The molecule has 0 unspecified atom stereocenters. The number of carbonyl (C=O) groups excluding carboxylic acids is 1. The Kier molecular flexibility index (Phi) is 2.66. The highest BCUT2D eigenvalue weighted by Gasteiger charge is 2.29. The van der Waals surface area contributed by atoms with Crippen molar-refractivity contribution in [3.05, 3.63) is 53.0 Å². The van der Waals surface area contributed by atoms with Gasteiger partial charge in [0, 0.05) is 22.0 Å². The van der Waals surface area contributed by atoms with Crippen molar-refractivity contribution in [1.29, 1.82) is 0 Å². The van der Waals surface area contributed by atoms with E-state index in [1.807, 2.05) is 36.4 Å². The minimum absolute atomic E-state index is 0.0393. The van der Waals surface area contributed by atoms with E-state index in [1.54, 1.807) is 11.1 Å². The number of nitrogens with one attached hydrogen (secondary N) is 1. The topological polar surface area (TPSA) is 71.2 Å². The van der Waals surface area contributed by atoms with E-state index in [0.717, 1.165) is 26.9 Å². The molecule has 1 amide bonds. The van der Waals surface area contributed by atoms with Crippen LogP contribution in [0.15, 0.2) is 42.6 Å². The predicted octanol–water partition coefficient (Wildman–Crippen LogP) is 2.74. The molecule has 3 aromatic rings. The lowest BCUT2D eigenvalue weighted by Crippen LogP contribution is -2.25. The van der Waals surface area contributed by atoms with Gasteiger partial charge in [-0.2, -0.15) is 0 Å². The van der Waals surface area contributed by atoms with Crippen LogP contribution < -0.4 is 16.2 Å². The maximum Gasteiger partial charge on any atom is 0.259 e. The average molecular weight is 296 g/mol. The van der Waals surface area contributed by atoms with Gasteiger partial charge in [-0.15, -0.1) is 0 Å². The summed E-state index contributed by atoms with van der Waals surface area (Å²) in [6, 6.07) is 11.8. The number of rotatable bonds is 3. The van der Waals surface area contributed by atoms with Gasteiger partial charge >= 0.3 is 0 Å². The predicted molar refractivity (Wildman–Crippen MR) is 84.4 cm³/mol. The minimum atomic E-state index is 0.0393. The van der Waals surface area contributed by atoms with Crippen molar-refractivity contribution in [2.24, 2.45) is 5.84 Å². The van der Waals surface area contributed by atoms with Gasteiger partial charge in [-0.1, -0.05) is 35.6 Å². The second kappa shape index (κ2) is 4.54. The molecule has 2 heterocycles. The number of nitrogen functional groups attached to an aromatic ring is 1. The molecule has 21 heavy (non-hydrogen) atoms. The fourth-order valence-electron chi connectivity index (χ4n) is 2.74. The number of aromatic nitrogens is 1. The molecule has 0 fully saturated rings. The number of thiazole rings is 1. The third-order valence-corrected chi connectivity index (χ3v) is 4.55. The Bertz CT molecular complexity index is 853. The maximum absolute atomic E-state index is 12.6. The fourth-order valence-corrected chi connectivity index (χ4v) is 3.45. The van der Waals surface area contributed by atoms with E-state index in [4.69, 9.17) is 5.84 Å². The van der Waals surface area contributed by atoms with Crippen LogP contribution in [0.4, 0.5) is 10.8 Å². The lowest BCUT2D eigenvalue weighted by atomic mass is 10.1. The number of nitrogens with zero attached hydrogens (tertiary/aromatic N) is 2. The first-order valence-electron chi connectivity index (χ1n) is 6.53. The molecule has 0 saturated heterocycles. The van der Waals surface area contributed by atoms with E-state index < -0.39 is 0 Å². The van der Waals surface area contributed by atoms with Crippen LogP contribution in [0.1, 0.15) is 15.2 Å². The summed E-state index contributed by atoms with van der Waals surface area (Å²) in [4.78, 5) is 19.6. The molecular formula is C15H12N4OS. The monoisotopic (exact) mass is 296 g/mol. The van der Waals surface area contributed by atoms with Crippen molar-refractivity contribution in [2.45, 2.75) is 6.54 Å². The normalized spacial score (nSPS) is 13.2. The Labute approximate surface area is 125 Å². The van der Waals surface area contributed by atoms with Crippen LogP contribution in [0.25, 0.3) is 10.8 Å². The SMILES string of the molecule is NNc1ncc(CN2C(=O)c3cccc4cccc2c34)s1. The molecule has 104 valence electrons. The zero-order chi connectivity index (χ0) is 14.4. The molecule has 1 aromatic heterocycles. The molecule has 1 aliphatic heterocycles. The Hall–Kier alpha value is -2.44. The Morgan fingerprint density at radius 2 is 2.05 bits per heavy atom. The van der Waals surface area contributed by atoms with E-state index in [0.29, 0.717) is 11.7 Å². The Balaban J connectivity index is 1.78. The standard InChI is InChI=1S/C15H12N4OS/c16-18-15-17-7-10(21-15)8-19-12-6-2-4-9-3-1-5-11(13(9)12)14(19)20/h1-7H,8,16H2,(H,17,18). The first kappa shape index (κ1) is 12.3. The molecular weight excluding hydrogens is 284 g/mol. The van der Waals surface area contributed by atoms with E-state index >= 15 is 0 Å². The molecule has 4 rings (SSSR count). The summed E-state index contributed by atoms with van der Waals surface area (Å²) in [6.45, 7) is 0.506. The van der Waals surface area contributed by atoms with Gasteiger partial charge in [-0.05, 0) is 17.5 Å². The van der Waals surface area contributed by atoms with Crippen LogP contribution in [-0.2, 0) is 6.54 Å². The minimum Gasteiger partial charge on any atom is -0.302 e. The Morgan fingerprint density at radius 3 is 2.81 bits per heavy atom. The first-order valence-corrected chi connectivity index (χ1v) is 7.34. The summed E-state index contributed by atoms with van der Waals surface area (Å²) in [5, 5.41) is 2.77. The number of hydrazine groups is 1. The van der Waals surface area contributed by atoms with Gasteiger partial charge < -0.3 is 4.90 Å². The lowest BCUT2D eigenvalue weighted by molar-refractivity contribution is 0.0991. The van der Waals surface area contributed by atoms with E-state index in [9.17, 15) is 4.79 Å². The summed E-state index contributed by atoms with van der Waals surface area (Å²) < 4.78 is 0. The highest BCUT2D eigenvalue weighted by Crippen LogP contribution is 2.38. The number of nitrogens with two attached hydrogens (primary N) is 1. The molecule has 3 N–H and O–H groups in total. The molecule has 0 bridgehead atoms. The summed E-state index contributed by atoms with van der Waals surface area (Å²) in [5.74, 6) is 5.39. The number of anilines is 2.